The van der Waals surface area contributed by atoms with Crippen LogP contribution in [0.3, 0.4) is 0 Å². The smallest absolute Gasteiger partial charge is 0.233 e. The molecule has 31 heavy (non-hydrogen) atoms. The van der Waals surface area contributed by atoms with E-state index in [-0.39, 0.29) is 53.3 Å². The van der Waals surface area contributed by atoms with Gasteiger partial charge in [0.15, 0.2) is 27.2 Å². The summed E-state index contributed by atoms with van der Waals surface area (Å²) in [7, 11) is -3.10. The number of rotatable bonds is 9. The number of hydrogen-bond donors (Lipinski definition) is 1. The van der Waals surface area contributed by atoms with Gasteiger partial charge < -0.3 is 15.5 Å². The van der Waals surface area contributed by atoms with Crippen molar-refractivity contribution in [1.29, 1.82) is 0 Å². The molecule has 0 radical (unpaired) electrons. The summed E-state index contributed by atoms with van der Waals surface area (Å²) in [5, 5.41) is 8.23. The second-order valence-corrected chi connectivity index (χ2v) is 10.9. The van der Waals surface area contributed by atoms with E-state index in [1.807, 2.05) is 13.8 Å². The Bertz CT molecular complexity index is 1030. The Balaban J connectivity index is 1.60. The summed E-state index contributed by atoms with van der Waals surface area (Å²) in [4.78, 5) is 14.5. The molecular formula is C19H26FN5O4S2. The van der Waals surface area contributed by atoms with Crippen molar-refractivity contribution in [3.8, 4) is 5.75 Å². The van der Waals surface area contributed by atoms with Crippen LogP contribution in [0.25, 0.3) is 0 Å². The van der Waals surface area contributed by atoms with Crippen LogP contribution in [0.2, 0.25) is 0 Å². The molecule has 12 heteroatoms. The van der Waals surface area contributed by atoms with Gasteiger partial charge in [0.2, 0.25) is 11.1 Å². The molecule has 1 saturated heterocycles. The number of thioether (sulfide) groups is 1. The molecule has 1 aromatic heterocycles. The minimum Gasteiger partial charge on any atom is -0.482 e. The van der Waals surface area contributed by atoms with Gasteiger partial charge in [-0.25, -0.2) is 17.5 Å². The monoisotopic (exact) mass is 471 g/mol. The van der Waals surface area contributed by atoms with E-state index in [9.17, 15) is 17.6 Å². The van der Waals surface area contributed by atoms with Gasteiger partial charge in [-0.05, 0) is 24.5 Å². The van der Waals surface area contributed by atoms with Crippen LogP contribution in [0.5, 0.6) is 5.75 Å². The molecule has 1 atom stereocenters. The first kappa shape index (κ1) is 23.3. The Morgan fingerprint density at radius 3 is 2.77 bits per heavy atom. The predicted octanol–water partition coefficient (Wildman–Crippen LogP) is 1.47. The standard InChI is InChI=1S/C19H26FN5O4S2/c1-13(2)9-24(14-7-8-31(27,28)12-14)18(26)11-30-19-23-22-17(25(19)21)10-29-16-6-4-3-5-15(16)20/h3-6,13-14H,7-12,21H2,1-2H3/t14-/m1/s1. The molecule has 1 aliphatic rings. The Morgan fingerprint density at radius 1 is 1.39 bits per heavy atom. The van der Waals surface area contributed by atoms with Crippen LogP contribution >= 0.6 is 11.8 Å². The van der Waals surface area contributed by atoms with Crippen LogP contribution in [0.1, 0.15) is 26.1 Å². The van der Waals surface area contributed by atoms with Crippen LogP contribution in [0, 0.1) is 11.7 Å². The Morgan fingerprint density at radius 2 is 2.13 bits per heavy atom. The van der Waals surface area contributed by atoms with E-state index < -0.39 is 15.7 Å². The molecule has 1 fully saturated rings. The molecule has 2 aromatic rings. The average molecular weight is 472 g/mol. The molecule has 0 spiro atoms. The molecule has 3 rings (SSSR count). The van der Waals surface area contributed by atoms with Crippen LogP contribution in [0.15, 0.2) is 29.4 Å². The Hall–Kier alpha value is -2.34. The van der Waals surface area contributed by atoms with E-state index in [0.717, 1.165) is 11.8 Å². The summed E-state index contributed by atoms with van der Waals surface area (Å²) in [5.74, 6) is 6.04. The molecular weight excluding hydrogens is 445 g/mol. The van der Waals surface area contributed by atoms with Crippen molar-refractivity contribution >= 4 is 27.5 Å². The van der Waals surface area contributed by atoms with Crippen molar-refractivity contribution in [1.82, 2.24) is 19.8 Å². The average Bonchev–Trinajstić information content (AvgIpc) is 3.25. The molecule has 0 unspecified atom stereocenters. The zero-order valence-electron chi connectivity index (χ0n) is 17.4. The maximum Gasteiger partial charge on any atom is 0.233 e. The quantitative estimate of drug-likeness (QED) is 0.431. The maximum absolute atomic E-state index is 13.7. The van der Waals surface area contributed by atoms with Gasteiger partial charge in [-0.2, -0.15) is 0 Å². The SMILES string of the molecule is CC(C)CN(C(=O)CSc1nnc(COc2ccccc2F)n1N)[C@@H]1CCS(=O)(=O)C1. The summed E-state index contributed by atoms with van der Waals surface area (Å²) in [6.45, 7) is 4.36. The molecule has 0 bridgehead atoms. The fraction of sp³-hybridized carbons (Fsp3) is 0.526. The lowest BCUT2D eigenvalue weighted by Gasteiger charge is -2.29. The number of carbonyl (C=O) groups is 1. The van der Waals surface area contributed by atoms with Crippen molar-refractivity contribution < 1.29 is 22.3 Å². The predicted molar refractivity (Wildman–Crippen MR) is 115 cm³/mol. The van der Waals surface area contributed by atoms with E-state index in [0.29, 0.717) is 18.1 Å². The number of halogens is 1. The highest BCUT2D eigenvalue weighted by atomic mass is 32.2. The van der Waals surface area contributed by atoms with E-state index in [2.05, 4.69) is 10.2 Å². The number of amides is 1. The van der Waals surface area contributed by atoms with E-state index in [4.69, 9.17) is 10.6 Å². The van der Waals surface area contributed by atoms with Crippen molar-refractivity contribution in [2.45, 2.75) is 38.1 Å². The number of ether oxygens (including phenoxy) is 1. The molecule has 1 aromatic carbocycles. The maximum atomic E-state index is 13.7. The van der Waals surface area contributed by atoms with Crippen LogP contribution < -0.4 is 10.6 Å². The topological polar surface area (TPSA) is 120 Å². The minimum absolute atomic E-state index is 0.000725. The largest absolute Gasteiger partial charge is 0.482 e. The van der Waals surface area contributed by atoms with Crippen molar-refractivity contribution in [2.24, 2.45) is 5.92 Å². The summed E-state index contributed by atoms with van der Waals surface area (Å²) in [6.07, 6.45) is 0.454. The number of hydrogen-bond acceptors (Lipinski definition) is 8. The molecule has 0 saturated carbocycles. The second kappa shape index (κ2) is 9.86. The highest BCUT2D eigenvalue weighted by Gasteiger charge is 2.34. The van der Waals surface area contributed by atoms with Crippen molar-refractivity contribution in [3.63, 3.8) is 0 Å². The third-order valence-corrected chi connectivity index (χ3v) is 7.46. The van der Waals surface area contributed by atoms with Gasteiger partial charge in [-0.3, -0.25) is 4.79 Å². The molecule has 2 heterocycles. The number of para-hydroxylation sites is 1. The molecule has 0 aliphatic carbocycles. The van der Waals surface area contributed by atoms with Gasteiger partial charge in [-0.1, -0.05) is 37.7 Å². The fourth-order valence-corrected chi connectivity index (χ4v) is 5.78. The van der Waals surface area contributed by atoms with Crippen LogP contribution in [-0.2, 0) is 21.2 Å². The number of aromatic nitrogens is 3. The first-order chi connectivity index (χ1) is 14.7. The molecule has 1 aliphatic heterocycles. The number of benzene rings is 1. The molecule has 9 nitrogen and oxygen atoms in total. The van der Waals surface area contributed by atoms with Gasteiger partial charge >= 0.3 is 0 Å². The highest BCUT2D eigenvalue weighted by Crippen LogP contribution is 2.23. The normalized spacial score (nSPS) is 17.7. The van der Waals surface area contributed by atoms with Gasteiger partial charge in [0, 0.05) is 12.6 Å². The Kier molecular flexibility index (Phi) is 7.42. The second-order valence-electron chi connectivity index (χ2n) is 7.77. The number of nitrogen functional groups attached to an aromatic ring is 1. The number of nitrogens with two attached hydrogens (primary N) is 1. The van der Waals surface area contributed by atoms with E-state index >= 15 is 0 Å². The zero-order chi connectivity index (χ0) is 22.6. The minimum atomic E-state index is -3.10. The number of carbonyl (C=O) groups excluding carboxylic acids is 1. The summed E-state index contributed by atoms with van der Waals surface area (Å²) in [6, 6.07) is 5.68. The molecule has 170 valence electrons. The van der Waals surface area contributed by atoms with E-state index in [1.54, 1.807) is 17.0 Å². The third kappa shape index (κ3) is 6.10. The van der Waals surface area contributed by atoms with Crippen LogP contribution in [-0.4, -0.2) is 63.9 Å². The third-order valence-electron chi connectivity index (χ3n) is 4.78. The zero-order valence-corrected chi connectivity index (χ0v) is 19.0. The number of sulfone groups is 1. The van der Waals surface area contributed by atoms with Gasteiger partial charge in [-0.15, -0.1) is 10.2 Å². The fourth-order valence-electron chi connectivity index (χ4n) is 3.29. The van der Waals surface area contributed by atoms with Crippen LogP contribution in [0.4, 0.5) is 4.39 Å². The first-order valence-corrected chi connectivity index (χ1v) is 12.7. The lowest BCUT2D eigenvalue weighted by molar-refractivity contribution is -0.130. The van der Waals surface area contributed by atoms with Gasteiger partial charge in [0.25, 0.3) is 0 Å². The summed E-state index contributed by atoms with van der Waals surface area (Å²) in [5.41, 5.74) is 0. The lowest BCUT2D eigenvalue weighted by Crippen LogP contribution is -2.44. The highest BCUT2D eigenvalue weighted by molar-refractivity contribution is 7.99. The molecule has 1 amide bonds. The number of nitrogens with zero attached hydrogens (tertiary/aromatic N) is 4. The lowest BCUT2D eigenvalue weighted by atomic mass is 10.1. The Labute approximate surface area is 185 Å². The summed E-state index contributed by atoms with van der Waals surface area (Å²) >= 11 is 1.11. The molecule has 2 N–H and O–H groups in total. The van der Waals surface area contributed by atoms with Gasteiger partial charge in [0.05, 0.1) is 17.3 Å². The van der Waals surface area contributed by atoms with Crippen molar-refractivity contribution in [2.75, 3.05) is 29.6 Å². The summed E-state index contributed by atoms with van der Waals surface area (Å²) < 4.78 is 44.0. The first-order valence-electron chi connectivity index (χ1n) is 9.85. The van der Waals surface area contributed by atoms with Gasteiger partial charge in [0.1, 0.15) is 6.61 Å². The van der Waals surface area contributed by atoms with Crippen molar-refractivity contribution in [3.05, 3.63) is 35.9 Å². The van der Waals surface area contributed by atoms with E-state index in [1.165, 1.54) is 16.8 Å².